The predicted octanol–water partition coefficient (Wildman–Crippen LogP) is 0.0860. The molecule has 1 heterocycles. The highest BCUT2D eigenvalue weighted by Gasteiger charge is 2.52. The van der Waals surface area contributed by atoms with Gasteiger partial charge in [0.05, 0.1) is 7.11 Å². The average molecular weight is 390 g/mol. The van der Waals surface area contributed by atoms with E-state index in [9.17, 15) is 19.2 Å². The zero-order chi connectivity index (χ0) is 20.1. The smallest absolute Gasteiger partial charge is 0.325 e. The van der Waals surface area contributed by atoms with Crippen molar-refractivity contribution in [2.24, 2.45) is 0 Å². The number of rotatable bonds is 6. The van der Waals surface area contributed by atoms with Crippen LogP contribution in [0.4, 0.5) is 4.79 Å². The van der Waals surface area contributed by atoms with Crippen LogP contribution in [0.1, 0.15) is 25.7 Å². The highest BCUT2D eigenvalue weighted by molar-refractivity contribution is 6.09. The maximum absolute atomic E-state index is 12.5. The average Bonchev–Trinajstić information content (AvgIpc) is 3.26. The molecule has 3 rings (SSSR count). The van der Waals surface area contributed by atoms with Crippen LogP contribution in [0.25, 0.3) is 0 Å². The number of hydrogen-bond acceptors (Lipinski definition) is 6. The second kappa shape index (κ2) is 8.15. The molecule has 1 saturated carbocycles. The summed E-state index contributed by atoms with van der Waals surface area (Å²) in [7, 11) is 1.54. The van der Waals surface area contributed by atoms with Crippen LogP contribution in [0.5, 0.6) is 11.5 Å². The molecule has 10 nitrogen and oxygen atoms in total. The summed E-state index contributed by atoms with van der Waals surface area (Å²) >= 11 is 0. The third-order valence-electron chi connectivity index (χ3n) is 4.78. The molecule has 1 aromatic rings. The van der Waals surface area contributed by atoms with E-state index in [4.69, 9.17) is 9.47 Å². The second-order valence-electron chi connectivity index (χ2n) is 6.67. The third kappa shape index (κ3) is 4.16. The fraction of sp³-hybridized carbons (Fsp3) is 0.444. The Morgan fingerprint density at radius 3 is 2.32 bits per heavy atom. The molecule has 1 saturated heterocycles. The quantitative estimate of drug-likeness (QED) is 0.467. The molecule has 28 heavy (non-hydrogen) atoms. The van der Waals surface area contributed by atoms with Crippen molar-refractivity contribution in [3.63, 3.8) is 0 Å². The SMILES string of the molecule is COc1ccc(OCC(=O)NNC(=O)CN2C(=O)NC3(CCCC3)C2=O)cc1. The second-order valence-corrected chi connectivity index (χ2v) is 6.67. The summed E-state index contributed by atoms with van der Waals surface area (Å²) in [5, 5.41) is 2.69. The van der Waals surface area contributed by atoms with Crippen LogP contribution in [0.3, 0.4) is 0 Å². The molecule has 1 aliphatic carbocycles. The number of hydrogen-bond donors (Lipinski definition) is 3. The van der Waals surface area contributed by atoms with Gasteiger partial charge in [-0.15, -0.1) is 0 Å². The van der Waals surface area contributed by atoms with E-state index in [1.807, 2.05) is 0 Å². The monoisotopic (exact) mass is 390 g/mol. The first kappa shape index (κ1) is 19.5. The lowest BCUT2D eigenvalue weighted by molar-refractivity contribution is -0.136. The number of carbonyl (C=O) groups excluding carboxylic acids is 4. The molecule has 150 valence electrons. The summed E-state index contributed by atoms with van der Waals surface area (Å²) in [6.07, 6.45) is 2.87. The number of imide groups is 1. The highest BCUT2D eigenvalue weighted by atomic mass is 16.5. The molecule has 10 heteroatoms. The fourth-order valence-electron chi connectivity index (χ4n) is 3.32. The van der Waals surface area contributed by atoms with Gasteiger partial charge in [-0.3, -0.25) is 30.1 Å². The normalized spacial score (nSPS) is 17.4. The first-order chi connectivity index (χ1) is 13.4. The molecule has 1 aliphatic heterocycles. The Labute approximate surface area is 161 Å². The van der Waals surface area contributed by atoms with Gasteiger partial charge < -0.3 is 14.8 Å². The summed E-state index contributed by atoms with van der Waals surface area (Å²) in [5.74, 6) is -0.545. The van der Waals surface area contributed by atoms with Crippen molar-refractivity contribution in [1.82, 2.24) is 21.1 Å². The van der Waals surface area contributed by atoms with Gasteiger partial charge in [0.25, 0.3) is 17.7 Å². The number of amides is 5. The molecule has 0 aromatic heterocycles. The lowest BCUT2D eigenvalue weighted by Gasteiger charge is -2.19. The number of urea groups is 1. The van der Waals surface area contributed by atoms with Gasteiger partial charge in [-0.2, -0.15) is 0 Å². The molecule has 0 unspecified atom stereocenters. The van der Waals surface area contributed by atoms with E-state index in [1.54, 1.807) is 31.4 Å². The van der Waals surface area contributed by atoms with Crippen LogP contribution >= 0.6 is 0 Å². The van der Waals surface area contributed by atoms with Gasteiger partial charge in [-0.05, 0) is 37.1 Å². The van der Waals surface area contributed by atoms with Gasteiger partial charge in [-0.25, -0.2) is 4.79 Å². The topological polar surface area (TPSA) is 126 Å². The lowest BCUT2D eigenvalue weighted by Crippen LogP contribution is -2.49. The molecule has 5 amide bonds. The fourth-order valence-corrected chi connectivity index (χ4v) is 3.32. The first-order valence-corrected chi connectivity index (χ1v) is 8.92. The first-order valence-electron chi connectivity index (χ1n) is 8.92. The van der Waals surface area contributed by atoms with Crippen LogP contribution in [0.2, 0.25) is 0 Å². The Morgan fingerprint density at radius 2 is 1.68 bits per heavy atom. The summed E-state index contributed by atoms with van der Waals surface area (Å²) in [5.41, 5.74) is 3.49. The van der Waals surface area contributed by atoms with E-state index >= 15 is 0 Å². The van der Waals surface area contributed by atoms with E-state index in [2.05, 4.69) is 16.2 Å². The van der Waals surface area contributed by atoms with Crippen molar-refractivity contribution < 1.29 is 28.7 Å². The largest absolute Gasteiger partial charge is 0.497 e. The minimum atomic E-state index is -0.868. The van der Waals surface area contributed by atoms with Crippen LogP contribution in [-0.4, -0.2) is 54.5 Å². The lowest BCUT2D eigenvalue weighted by atomic mass is 9.98. The van der Waals surface area contributed by atoms with Gasteiger partial charge in [0.15, 0.2) is 6.61 Å². The number of carbonyl (C=O) groups is 4. The standard InChI is InChI=1S/C18H22N4O6/c1-27-12-4-6-13(7-5-12)28-11-15(24)21-20-14(23)10-22-16(25)18(19-17(22)26)8-2-3-9-18/h4-7H,2-3,8-11H2,1H3,(H,19,26)(H,20,23)(H,21,24). The minimum Gasteiger partial charge on any atom is -0.497 e. The molecule has 2 aliphatic rings. The Hall–Kier alpha value is -3.30. The van der Waals surface area contributed by atoms with E-state index in [1.165, 1.54) is 0 Å². The molecular formula is C18H22N4O6. The van der Waals surface area contributed by atoms with Gasteiger partial charge >= 0.3 is 6.03 Å². The Bertz CT molecular complexity index is 773. The predicted molar refractivity (Wildman–Crippen MR) is 96.2 cm³/mol. The van der Waals surface area contributed by atoms with Gasteiger partial charge in [0.1, 0.15) is 23.6 Å². The molecule has 1 spiro atoms. The summed E-state index contributed by atoms with van der Waals surface area (Å²) in [6, 6.07) is 6.06. The molecule has 1 aromatic carbocycles. The van der Waals surface area contributed by atoms with Crippen molar-refractivity contribution in [2.75, 3.05) is 20.3 Å². The summed E-state index contributed by atoms with van der Waals surface area (Å²) in [6.45, 7) is -0.787. The Kier molecular flexibility index (Phi) is 5.67. The van der Waals surface area contributed by atoms with E-state index in [-0.39, 0.29) is 12.5 Å². The number of hydrazine groups is 1. The van der Waals surface area contributed by atoms with Crippen molar-refractivity contribution >= 4 is 23.8 Å². The molecule has 0 bridgehead atoms. The third-order valence-corrected chi connectivity index (χ3v) is 4.78. The zero-order valence-corrected chi connectivity index (χ0v) is 15.4. The summed E-state index contributed by atoms with van der Waals surface area (Å²) in [4.78, 5) is 49.1. The van der Waals surface area contributed by atoms with Gasteiger partial charge in [-0.1, -0.05) is 12.8 Å². The van der Waals surface area contributed by atoms with E-state index in [0.29, 0.717) is 24.3 Å². The van der Waals surface area contributed by atoms with Crippen molar-refractivity contribution in [2.45, 2.75) is 31.2 Å². The molecular weight excluding hydrogens is 368 g/mol. The molecule has 0 radical (unpaired) electrons. The van der Waals surface area contributed by atoms with Crippen LogP contribution in [-0.2, 0) is 14.4 Å². The van der Waals surface area contributed by atoms with E-state index in [0.717, 1.165) is 17.7 Å². The van der Waals surface area contributed by atoms with Crippen LogP contribution in [0.15, 0.2) is 24.3 Å². The molecule has 0 atom stereocenters. The van der Waals surface area contributed by atoms with Gasteiger partial charge in [0.2, 0.25) is 0 Å². The number of nitrogens with zero attached hydrogens (tertiary/aromatic N) is 1. The zero-order valence-electron chi connectivity index (χ0n) is 15.4. The van der Waals surface area contributed by atoms with E-state index < -0.39 is 29.9 Å². The van der Waals surface area contributed by atoms with Crippen molar-refractivity contribution in [1.29, 1.82) is 0 Å². The summed E-state index contributed by atoms with van der Waals surface area (Å²) < 4.78 is 10.3. The Morgan fingerprint density at radius 1 is 1.07 bits per heavy atom. The minimum absolute atomic E-state index is 0.321. The maximum atomic E-state index is 12.5. The van der Waals surface area contributed by atoms with Crippen molar-refractivity contribution in [3.05, 3.63) is 24.3 Å². The van der Waals surface area contributed by atoms with Crippen molar-refractivity contribution in [3.8, 4) is 11.5 Å². The number of benzene rings is 1. The molecule has 2 fully saturated rings. The maximum Gasteiger partial charge on any atom is 0.325 e. The number of ether oxygens (including phenoxy) is 2. The highest BCUT2D eigenvalue weighted by Crippen LogP contribution is 2.34. The Balaban J connectivity index is 1.41. The molecule has 3 N–H and O–H groups in total. The van der Waals surface area contributed by atoms with Crippen LogP contribution in [0, 0.1) is 0 Å². The number of nitrogens with one attached hydrogen (secondary N) is 3. The number of methoxy groups -OCH3 is 1. The van der Waals surface area contributed by atoms with Crippen LogP contribution < -0.4 is 25.6 Å². The van der Waals surface area contributed by atoms with Gasteiger partial charge in [0, 0.05) is 0 Å².